The van der Waals surface area contributed by atoms with E-state index in [1.165, 1.54) is 0 Å². The smallest absolute Gasteiger partial charge is 0.227 e. The highest BCUT2D eigenvalue weighted by Crippen LogP contribution is 2.33. The van der Waals surface area contributed by atoms with Crippen LogP contribution in [-0.4, -0.2) is 45.6 Å². The van der Waals surface area contributed by atoms with E-state index in [1.807, 2.05) is 50.4 Å². The van der Waals surface area contributed by atoms with Gasteiger partial charge in [-0.2, -0.15) is 0 Å². The van der Waals surface area contributed by atoms with Crippen molar-refractivity contribution < 1.29 is 14.3 Å². The molecule has 0 radical (unpaired) electrons. The molecule has 1 aliphatic rings. The van der Waals surface area contributed by atoms with E-state index in [2.05, 4.69) is 22.3 Å². The molecule has 2 amide bonds. The fraction of sp³-hybridized carbons (Fsp3) is 0.391. The van der Waals surface area contributed by atoms with Gasteiger partial charge in [0, 0.05) is 38.8 Å². The van der Waals surface area contributed by atoms with Gasteiger partial charge < -0.3 is 19.9 Å². The molecule has 1 aliphatic heterocycles. The minimum Gasteiger partial charge on any atom is -0.495 e. The molecule has 6 heteroatoms. The van der Waals surface area contributed by atoms with Gasteiger partial charge in [-0.05, 0) is 43.2 Å². The molecule has 1 atom stereocenters. The molecule has 154 valence electrons. The number of methoxy groups -OCH3 is 1. The van der Waals surface area contributed by atoms with Crippen molar-refractivity contribution in [1.29, 1.82) is 0 Å². The number of carbonyl (C=O) groups is 2. The fourth-order valence-electron chi connectivity index (χ4n) is 3.61. The number of para-hydroxylation sites is 1. The zero-order valence-corrected chi connectivity index (χ0v) is 17.4. The van der Waals surface area contributed by atoms with Crippen LogP contribution in [0.5, 0.6) is 5.75 Å². The third kappa shape index (κ3) is 5.08. The molecule has 6 nitrogen and oxygen atoms in total. The SMILES string of the molecule is COc1ccc(C)cc1N1CC(C(=O)NCCCN(C)c2ccccc2)CC1=O. The van der Waals surface area contributed by atoms with E-state index >= 15 is 0 Å². The van der Waals surface area contributed by atoms with Gasteiger partial charge >= 0.3 is 0 Å². The first-order valence-electron chi connectivity index (χ1n) is 9.98. The molecule has 2 aromatic carbocycles. The van der Waals surface area contributed by atoms with Gasteiger partial charge in [0.15, 0.2) is 0 Å². The summed E-state index contributed by atoms with van der Waals surface area (Å²) < 4.78 is 5.40. The summed E-state index contributed by atoms with van der Waals surface area (Å²) in [7, 11) is 3.63. The topological polar surface area (TPSA) is 61.9 Å². The van der Waals surface area contributed by atoms with Crippen LogP contribution in [0.15, 0.2) is 48.5 Å². The lowest BCUT2D eigenvalue weighted by atomic mass is 10.1. The number of amides is 2. The zero-order valence-electron chi connectivity index (χ0n) is 17.4. The molecule has 0 aliphatic carbocycles. The summed E-state index contributed by atoms with van der Waals surface area (Å²) in [6.07, 6.45) is 1.07. The molecule has 1 unspecified atom stereocenters. The van der Waals surface area contributed by atoms with Crippen LogP contribution in [0, 0.1) is 12.8 Å². The molecule has 29 heavy (non-hydrogen) atoms. The Morgan fingerprint density at radius 3 is 2.72 bits per heavy atom. The predicted octanol–water partition coefficient (Wildman–Crippen LogP) is 3.00. The number of nitrogens with one attached hydrogen (secondary N) is 1. The Labute approximate surface area is 172 Å². The summed E-state index contributed by atoms with van der Waals surface area (Å²) >= 11 is 0. The molecule has 0 saturated carbocycles. The standard InChI is InChI=1S/C23H29N3O3/c1-17-10-11-21(29-3)20(14-17)26-16-18(15-22(26)27)23(28)24-12-7-13-25(2)19-8-5-4-6-9-19/h4-6,8-11,14,18H,7,12-13,15-16H2,1-3H3,(H,24,28). The van der Waals surface area contributed by atoms with E-state index in [1.54, 1.807) is 12.0 Å². The molecule has 0 bridgehead atoms. The third-order valence-corrected chi connectivity index (χ3v) is 5.29. The Hall–Kier alpha value is -3.02. The molecule has 0 spiro atoms. The molecule has 1 saturated heterocycles. The zero-order chi connectivity index (χ0) is 20.8. The van der Waals surface area contributed by atoms with Gasteiger partial charge in [0.2, 0.25) is 11.8 Å². The Balaban J connectivity index is 1.50. The lowest BCUT2D eigenvalue weighted by Gasteiger charge is -2.20. The minimum absolute atomic E-state index is 0.0436. The average Bonchev–Trinajstić information content (AvgIpc) is 3.13. The first-order chi connectivity index (χ1) is 14.0. The molecule has 2 aromatic rings. The van der Waals surface area contributed by atoms with E-state index < -0.39 is 0 Å². The maximum Gasteiger partial charge on any atom is 0.227 e. The van der Waals surface area contributed by atoms with Crippen molar-refractivity contribution in [2.75, 3.05) is 43.6 Å². The Kier molecular flexibility index (Phi) is 6.75. The van der Waals surface area contributed by atoms with Gasteiger partial charge in [-0.15, -0.1) is 0 Å². The molecule has 0 aromatic heterocycles. The van der Waals surface area contributed by atoms with Crippen LogP contribution in [0.4, 0.5) is 11.4 Å². The van der Waals surface area contributed by atoms with Crippen LogP contribution < -0.4 is 19.9 Å². The number of rotatable bonds is 8. The Morgan fingerprint density at radius 1 is 1.24 bits per heavy atom. The number of carbonyl (C=O) groups excluding carboxylic acids is 2. The van der Waals surface area contributed by atoms with Crippen LogP contribution in [0.2, 0.25) is 0 Å². The summed E-state index contributed by atoms with van der Waals surface area (Å²) in [5.41, 5.74) is 2.93. The predicted molar refractivity (Wildman–Crippen MR) is 116 cm³/mol. The number of hydrogen-bond donors (Lipinski definition) is 1. The summed E-state index contributed by atoms with van der Waals surface area (Å²) in [4.78, 5) is 28.9. The minimum atomic E-state index is -0.334. The molecular formula is C23H29N3O3. The van der Waals surface area contributed by atoms with Gasteiger partial charge in [-0.1, -0.05) is 24.3 Å². The third-order valence-electron chi connectivity index (χ3n) is 5.29. The second-order valence-corrected chi connectivity index (χ2v) is 7.48. The lowest BCUT2D eigenvalue weighted by Crippen LogP contribution is -2.34. The summed E-state index contributed by atoms with van der Waals surface area (Å²) in [6.45, 7) is 3.80. The largest absolute Gasteiger partial charge is 0.495 e. The van der Waals surface area contributed by atoms with Gasteiger partial charge in [0.25, 0.3) is 0 Å². The van der Waals surface area contributed by atoms with E-state index in [-0.39, 0.29) is 24.2 Å². The number of aryl methyl sites for hydroxylation is 1. The second kappa shape index (κ2) is 9.45. The van der Waals surface area contributed by atoms with Crippen molar-refractivity contribution in [1.82, 2.24) is 5.32 Å². The van der Waals surface area contributed by atoms with Crippen LogP contribution in [0.1, 0.15) is 18.4 Å². The van der Waals surface area contributed by atoms with Gasteiger partial charge in [-0.3, -0.25) is 9.59 Å². The van der Waals surface area contributed by atoms with Crippen molar-refractivity contribution in [2.24, 2.45) is 5.92 Å². The molecule has 3 rings (SSSR count). The van der Waals surface area contributed by atoms with Crippen LogP contribution >= 0.6 is 0 Å². The van der Waals surface area contributed by atoms with Crippen molar-refractivity contribution in [2.45, 2.75) is 19.8 Å². The molecule has 1 N–H and O–H groups in total. The first-order valence-corrected chi connectivity index (χ1v) is 9.98. The van der Waals surface area contributed by atoms with Crippen molar-refractivity contribution in [3.63, 3.8) is 0 Å². The summed E-state index contributed by atoms with van der Waals surface area (Å²) in [5, 5.41) is 2.99. The first kappa shape index (κ1) is 20.7. The highest BCUT2D eigenvalue weighted by Gasteiger charge is 2.36. The molecular weight excluding hydrogens is 366 g/mol. The molecule has 1 fully saturated rings. The number of ether oxygens (including phenoxy) is 1. The Morgan fingerprint density at radius 2 is 2.00 bits per heavy atom. The second-order valence-electron chi connectivity index (χ2n) is 7.48. The fourth-order valence-corrected chi connectivity index (χ4v) is 3.61. The van der Waals surface area contributed by atoms with Crippen LogP contribution in [0.25, 0.3) is 0 Å². The van der Waals surface area contributed by atoms with Crippen molar-refractivity contribution >= 4 is 23.2 Å². The van der Waals surface area contributed by atoms with Gasteiger partial charge in [0.1, 0.15) is 5.75 Å². The number of benzene rings is 2. The van der Waals surface area contributed by atoms with E-state index in [0.717, 1.165) is 29.9 Å². The number of hydrogen-bond acceptors (Lipinski definition) is 4. The lowest BCUT2D eigenvalue weighted by molar-refractivity contribution is -0.126. The monoisotopic (exact) mass is 395 g/mol. The summed E-state index contributed by atoms with van der Waals surface area (Å²) in [6, 6.07) is 15.9. The normalized spacial score (nSPS) is 16.0. The number of anilines is 2. The quantitative estimate of drug-likeness (QED) is 0.698. The van der Waals surface area contributed by atoms with E-state index in [0.29, 0.717) is 18.8 Å². The highest BCUT2D eigenvalue weighted by atomic mass is 16.5. The van der Waals surface area contributed by atoms with Crippen LogP contribution in [0.3, 0.4) is 0 Å². The van der Waals surface area contributed by atoms with E-state index in [4.69, 9.17) is 4.74 Å². The van der Waals surface area contributed by atoms with Crippen LogP contribution in [-0.2, 0) is 9.59 Å². The maximum atomic E-state index is 12.6. The summed E-state index contributed by atoms with van der Waals surface area (Å²) in [5.74, 6) is 0.209. The Bertz CT molecular complexity index is 854. The van der Waals surface area contributed by atoms with E-state index in [9.17, 15) is 9.59 Å². The van der Waals surface area contributed by atoms with Gasteiger partial charge in [0.05, 0.1) is 18.7 Å². The highest BCUT2D eigenvalue weighted by molar-refractivity contribution is 6.01. The van der Waals surface area contributed by atoms with Crippen molar-refractivity contribution in [3.8, 4) is 5.75 Å². The average molecular weight is 396 g/mol. The maximum absolute atomic E-state index is 12.6. The number of nitrogens with zero attached hydrogens (tertiary/aromatic N) is 2. The van der Waals surface area contributed by atoms with Crippen molar-refractivity contribution in [3.05, 3.63) is 54.1 Å². The van der Waals surface area contributed by atoms with Gasteiger partial charge in [-0.25, -0.2) is 0 Å². The molecule has 1 heterocycles.